The van der Waals surface area contributed by atoms with Crippen molar-refractivity contribution in [2.45, 2.75) is 26.2 Å². The summed E-state index contributed by atoms with van der Waals surface area (Å²) in [4.78, 5) is 24.4. The minimum atomic E-state index is -0.780. The lowest BCUT2D eigenvalue weighted by atomic mass is 10.0. The number of likely N-dealkylation sites (N-methyl/N-ethyl adjacent to an activating group) is 1. The van der Waals surface area contributed by atoms with Crippen LogP contribution in [0.5, 0.6) is 0 Å². The highest BCUT2D eigenvalue weighted by Crippen LogP contribution is 2.32. The van der Waals surface area contributed by atoms with Crippen molar-refractivity contribution < 1.29 is 14.7 Å². The van der Waals surface area contributed by atoms with Gasteiger partial charge < -0.3 is 10.0 Å². The van der Waals surface area contributed by atoms with E-state index in [1.165, 1.54) is 0 Å². The Hall–Kier alpha value is -1.32. The topological polar surface area (TPSA) is 57.6 Å². The first-order valence-corrected chi connectivity index (χ1v) is 5.54. The third-order valence-corrected chi connectivity index (χ3v) is 3.01. The highest BCUT2D eigenvalue weighted by atomic mass is 16.4. The first-order valence-electron chi connectivity index (χ1n) is 5.54. The van der Waals surface area contributed by atoms with E-state index in [2.05, 4.69) is 6.58 Å². The zero-order valence-electron chi connectivity index (χ0n) is 9.90. The van der Waals surface area contributed by atoms with Crippen LogP contribution in [0.25, 0.3) is 0 Å². The number of hydrogen-bond acceptors (Lipinski definition) is 2. The Morgan fingerprint density at radius 2 is 1.94 bits per heavy atom. The van der Waals surface area contributed by atoms with E-state index < -0.39 is 5.97 Å². The predicted octanol–water partition coefficient (Wildman–Crippen LogP) is 1.52. The van der Waals surface area contributed by atoms with Crippen LogP contribution in [0, 0.1) is 11.8 Å². The van der Waals surface area contributed by atoms with Crippen LogP contribution in [0.15, 0.2) is 12.2 Å². The van der Waals surface area contributed by atoms with Gasteiger partial charge in [-0.25, -0.2) is 0 Å². The molecule has 0 saturated heterocycles. The molecular weight excluding hydrogens is 206 g/mol. The normalized spacial score (nSPS) is 24.1. The molecule has 4 nitrogen and oxygen atoms in total. The van der Waals surface area contributed by atoms with Crippen LogP contribution >= 0.6 is 0 Å². The summed E-state index contributed by atoms with van der Waals surface area (Å²) >= 11 is 0. The first-order chi connectivity index (χ1) is 7.41. The van der Waals surface area contributed by atoms with Gasteiger partial charge in [-0.15, -0.1) is 0 Å². The van der Waals surface area contributed by atoms with Gasteiger partial charge in [0.2, 0.25) is 5.91 Å². The van der Waals surface area contributed by atoms with E-state index in [-0.39, 0.29) is 17.7 Å². The van der Waals surface area contributed by atoms with E-state index in [0.717, 1.165) is 5.57 Å². The Kier molecular flexibility index (Phi) is 4.10. The van der Waals surface area contributed by atoms with Gasteiger partial charge in [-0.2, -0.15) is 0 Å². The third kappa shape index (κ3) is 3.08. The first kappa shape index (κ1) is 12.7. The molecular formula is C12H19NO3. The lowest BCUT2D eigenvalue weighted by Crippen LogP contribution is -2.33. The highest BCUT2D eigenvalue weighted by molar-refractivity contribution is 5.81. The van der Waals surface area contributed by atoms with E-state index in [4.69, 9.17) is 5.11 Å². The Morgan fingerprint density at radius 3 is 2.38 bits per heavy atom. The second-order valence-electron chi connectivity index (χ2n) is 4.70. The Bertz CT molecular complexity index is 311. The Morgan fingerprint density at radius 1 is 1.38 bits per heavy atom. The fraction of sp³-hybridized carbons (Fsp3) is 0.667. The molecule has 1 amide bonds. The van der Waals surface area contributed by atoms with Gasteiger partial charge >= 0.3 is 5.97 Å². The van der Waals surface area contributed by atoms with Gasteiger partial charge in [-0.3, -0.25) is 9.59 Å². The van der Waals surface area contributed by atoms with E-state index in [0.29, 0.717) is 25.8 Å². The van der Waals surface area contributed by atoms with Crippen molar-refractivity contribution in [2.75, 3.05) is 13.6 Å². The van der Waals surface area contributed by atoms with Crippen molar-refractivity contribution in [1.29, 1.82) is 0 Å². The molecule has 0 bridgehead atoms. The Balaban J connectivity index is 2.50. The number of hydrogen-bond donors (Lipinski definition) is 1. The molecule has 0 spiro atoms. The number of rotatable bonds is 4. The summed E-state index contributed by atoms with van der Waals surface area (Å²) in [6.07, 6.45) is 1.79. The van der Waals surface area contributed by atoms with Gasteiger partial charge in [0.05, 0.1) is 5.92 Å². The molecule has 0 aliphatic heterocycles. The summed E-state index contributed by atoms with van der Waals surface area (Å²) in [6.45, 7) is 6.18. The van der Waals surface area contributed by atoms with Crippen molar-refractivity contribution in [1.82, 2.24) is 4.90 Å². The number of carbonyl (C=O) groups excluding carboxylic acids is 1. The zero-order chi connectivity index (χ0) is 12.3. The standard InChI is InChI=1S/C12H19NO3/c1-8(2)7-13(3)11(14)9-4-5-10(6-9)12(15)16/h9-10H,1,4-7H2,2-3H3,(H,15,16). The van der Waals surface area contributed by atoms with E-state index >= 15 is 0 Å². The molecule has 0 aromatic heterocycles. The van der Waals surface area contributed by atoms with Crippen LogP contribution in [-0.2, 0) is 9.59 Å². The predicted molar refractivity (Wildman–Crippen MR) is 60.9 cm³/mol. The average molecular weight is 225 g/mol. The number of amides is 1. The monoisotopic (exact) mass is 225 g/mol. The second-order valence-corrected chi connectivity index (χ2v) is 4.70. The minimum Gasteiger partial charge on any atom is -0.481 e. The van der Waals surface area contributed by atoms with Crippen LogP contribution in [0.4, 0.5) is 0 Å². The van der Waals surface area contributed by atoms with Gasteiger partial charge in [0.1, 0.15) is 0 Å². The molecule has 1 aliphatic rings. The molecule has 1 aliphatic carbocycles. The molecule has 90 valence electrons. The fourth-order valence-electron chi connectivity index (χ4n) is 2.22. The smallest absolute Gasteiger partial charge is 0.306 e. The summed E-state index contributed by atoms with van der Waals surface area (Å²) in [5.41, 5.74) is 0.934. The van der Waals surface area contributed by atoms with Crippen LogP contribution in [0.2, 0.25) is 0 Å². The molecule has 1 N–H and O–H groups in total. The molecule has 4 heteroatoms. The lowest BCUT2D eigenvalue weighted by molar-refractivity contribution is -0.141. The largest absolute Gasteiger partial charge is 0.481 e. The van der Waals surface area contributed by atoms with Gasteiger partial charge in [0.25, 0.3) is 0 Å². The van der Waals surface area contributed by atoms with Crippen molar-refractivity contribution in [3.05, 3.63) is 12.2 Å². The molecule has 1 saturated carbocycles. The quantitative estimate of drug-likeness (QED) is 0.738. The number of aliphatic carboxylic acids is 1. The third-order valence-electron chi connectivity index (χ3n) is 3.01. The molecule has 16 heavy (non-hydrogen) atoms. The SMILES string of the molecule is C=C(C)CN(C)C(=O)C1CCC(C(=O)O)C1. The molecule has 0 heterocycles. The molecule has 2 unspecified atom stereocenters. The molecule has 2 atom stereocenters. The molecule has 0 aromatic rings. The molecule has 1 fully saturated rings. The van der Waals surface area contributed by atoms with Crippen LogP contribution in [0.1, 0.15) is 26.2 Å². The van der Waals surface area contributed by atoms with Gasteiger partial charge in [-0.1, -0.05) is 12.2 Å². The Labute approximate surface area is 95.9 Å². The minimum absolute atomic E-state index is 0.0479. The summed E-state index contributed by atoms with van der Waals surface area (Å²) in [5.74, 6) is -1.19. The van der Waals surface area contributed by atoms with Gasteiger partial charge in [0, 0.05) is 19.5 Å². The van der Waals surface area contributed by atoms with E-state index in [1.807, 2.05) is 6.92 Å². The number of carboxylic acids is 1. The van der Waals surface area contributed by atoms with Crippen LogP contribution < -0.4 is 0 Å². The van der Waals surface area contributed by atoms with Crippen LogP contribution in [0.3, 0.4) is 0 Å². The maximum atomic E-state index is 11.9. The van der Waals surface area contributed by atoms with E-state index in [9.17, 15) is 9.59 Å². The number of carbonyl (C=O) groups is 2. The summed E-state index contributed by atoms with van der Waals surface area (Å²) in [5, 5.41) is 8.86. The maximum absolute atomic E-state index is 11.9. The van der Waals surface area contributed by atoms with Crippen molar-refractivity contribution in [3.63, 3.8) is 0 Å². The second kappa shape index (κ2) is 5.14. The highest BCUT2D eigenvalue weighted by Gasteiger charge is 2.34. The van der Waals surface area contributed by atoms with Crippen LogP contribution in [-0.4, -0.2) is 35.5 Å². The lowest BCUT2D eigenvalue weighted by Gasteiger charge is -2.21. The number of nitrogens with zero attached hydrogens (tertiary/aromatic N) is 1. The van der Waals surface area contributed by atoms with Gasteiger partial charge in [0.15, 0.2) is 0 Å². The number of carboxylic acid groups (broad SMARTS) is 1. The average Bonchev–Trinajstić information content (AvgIpc) is 2.64. The van der Waals surface area contributed by atoms with Crippen molar-refractivity contribution in [3.8, 4) is 0 Å². The zero-order valence-corrected chi connectivity index (χ0v) is 9.90. The van der Waals surface area contributed by atoms with Crippen molar-refractivity contribution in [2.24, 2.45) is 11.8 Å². The molecule has 1 rings (SSSR count). The molecule has 0 radical (unpaired) electrons. The van der Waals surface area contributed by atoms with Gasteiger partial charge in [-0.05, 0) is 26.2 Å². The van der Waals surface area contributed by atoms with Crippen molar-refractivity contribution >= 4 is 11.9 Å². The fourth-order valence-corrected chi connectivity index (χ4v) is 2.22. The molecule has 0 aromatic carbocycles. The summed E-state index contributed by atoms with van der Waals surface area (Å²) in [6, 6.07) is 0. The van der Waals surface area contributed by atoms with E-state index in [1.54, 1.807) is 11.9 Å². The maximum Gasteiger partial charge on any atom is 0.306 e. The summed E-state index contributed by atoms with van der Waals surface area (Å²) in [7, 11) is 1.74. The summed E-state index contributed by atoms with van der Waals surface area (Å²) < 4.78 is 0.